The predicted molar refractivity (Wildman–Crippen MR) is 164 cm³/mol. The molecule has 4 fully saturated rings. The van der Waals surface area contributed by atoms with Gasteiger partial charge < -0.3 is 20.1 Å². The quantitative estimate of drug-likeness (QED) is 0.248. The van der Waals surface area contributed by atoms with Crippen molar-refractivity contribution in [2.24, 2.45) is 46.3 Å². The minimum Gasteiger partial charge on any atom is -0.462 e. The monoisotopic (exact) mass is 569 g/mol. The van der Waals surface area contributed by atoms with E-state index in [9.17, 15) is 9.90 Å². The summed E-state index contributed by atoms with van der Waals surface area (Å²) in [5.74, 6) is 4.19. The Balaban J connectivity index is 1.37. The Labute approximate surface area is 249 Å². The molecule has 5 rings (SSSR count). The number of hydrogen-bond donors (Lipinski definition) is 3. The van der Waals surface area contributed by atoms with Gasteiger partial charge in [0.1, 0.15) is 6.10 Å². The van der Waals surface area contributed by atoms with E-state index in [1.807, 2.05) is 13.1 Å². The molecule has 0 aromatic carbocycles. The normalized spacial score (nSPS) is 41.0. The molecule has 41 heavy (non-hydrogen) atoms. The number of aromatic amines is 1. The molecule has 4 aliphatic rings. The van der Waals surface area contributed by atoms with E-state index in [1.54, 1.807) is 6.33 Å². The minimum atomic E-state index is -0.882. The molecule has 6 heteroatoms. The summed E-state index contributed by atoms with van der Waals surface area (Å²) >= 11 is 0. The van der Waals surface area contributed by atoms with Crippen LogP contribution in [-0.4, -0.2) is 45.3 Å². The van der Waals surface area contributed by atoms with Crippen LogP contribution in [-0.2, 0) is 16.0 Å². The van der Waals surface area contributed by atoms with E-state index in [2.05, 4.69) is 49.9 Å². The lowest BCUT2D eigenvalue weighted by molar-refractivity contribution is -0.237. The van der Waals surface area contributed by atoms with Crippen molar-refractivity contribution < 1.29 is 14.6 Å². The van der Waals surface area contributed by atoms with Gasteiger partial charge in [0.05, 0.1) is 17.6 Å². The summed E-state index contributed by atoms with van der Waals surface area (Å²) in [6.07, 6.45) is 17.4. The zero-order valence-corrected chi connectivity index (χ0v) is 26.9. The van der Waals surface area contributed by atoms with Crippen molar-refractivity contribution in [1.29, 1.82) is 0 Å². The van der Waals surface area contributed by atoms with Gasteiger partial charge >= 0.3 is 5.97 Å². The Morgan fingerprint density at radius 3 is 2.66 bits per heavy atom. The maximum Gasteiger partial charge on any atom is 0.305 e. The van der Waals surface area contributed by atoms with E-state index in [4.69, 9.17) is 4.74 Å². The number of imidazole rings is 1. The number of fused-ring (bicyclic) bond motifs is 5. The van der Waals surface area contributed by atoms with E-state index in [0.29, 0.717) is 30.1 Å². The van der Waals surface area contributed by atoms with Crippen LogP contribution in [0.15, 0.2) is 12.5 Å². The van der Waals surface area contributed by atoms with Crippen LogP contribution >= 0.6 is 0 Å². The Kier molecular flexibility index (Phi) is 9.31. The smallest absolute Gasteiger partial charge is 0.305 e. The molecule has 0 spiro atoms. The first-order valence-electron chi connectivity index (χ1n) is 17.1. The van der Waals surface area contributed by atoms with Crippen LogP contribution in [0, 0.1) is 46.3 Å². The van der Waals surface area contributed by atoms with E-state index in [1.165, 1.54) is 44.9 Å². The number of aromatic nitrogens is 2. The van der Waals surface area contributed by atoms with Gasteiger partial charge in [-0.3, -0.25) is 4.79 Å². The summed E-state index contributed by atoms with van der Waals surface area (Å²) in [5, 5.41) is 16.6. The lowest BCUT2D eigenvalue weighted by atomic mass is 9.42. The highest BCUT2D eigenvalue weighted by Crippen LogP contribution is 2.69. The summed E-state index contributed by atoms with van der Waals surface area (Å²) in [4.78, 5) is 19.7. The first-order chi connectivity index (χ1) is 19.5. The zero-order valence-electron chi connectivity index (χ0n) is 26.9. The first kappa shape index (κ1) is 31.0. The Morgan fingerprint density at radius 2 is 1.95 bits per heavy atom. The number of nitrogens with one attached hydrogen (secondary N) is 2. The topological polar surface area (TPSA) is 87.2 Å². The van der Waals surface area contributed by atoms with Crippen LogP contribution in [0.2, 0.25) is 0 Å². The summed E-state index contributed by atoms with van der Waals surface area (Å²) in [5.41, 5.74) is 0.413. The first-order valence-corrected chi connectivity index (χ1v) is 17.1. The van der Waals surface area contributed by atoms with E-state index in [-0.39, 0.29) is 23.5 Å². The van der Waals surface area contributed by atoms with Crippen molar-refractivity contribution in [3.8, 4) is 0 Å². The molecular formula is C35H59N3O3. The number of hydrogen-bond acceptors (Lipinski definition) is 5. The third-order valence-electron chi connectivity index (χ3n) is 13.0. The van der Waals surface area contributed by atoms with Crippen LogP contribution in [0.5, 0.6) is 0 Å². The highest BCUT2D eigenvalue weighted by Gasteiger charge is 2.67. The van der Waals surface area contributed by atoms with E-state index < -0.39 is 5.60 Å². The number of H-pyrrole nitrogens is 1. The maximum atomic E-state index is 12.8. The van der Waals surface area contributed by atoms with Crippen LogP contribution in [0.3, 0.4) is 0 Å². The van der Waals surface area contributed by atoms with Gasteiger partial charge in [-0.05, 0) is 85.9 Å². The van der Waals surface area contributed by atoms with Crippen LogP contribution in [0.25, 0.3) is 0 Å². The molecule has 0 bridgehead atoms. The number of nitrogens with zero attached hydrogens (tertiary/aromatic N) is 1. The fourth-order valence-corrected chi connectivity index (χ4v) is 10.7. The van der Waals surface area contributed by atoms with Crippen LogP contribution in [0.4, 0.5) is 0 Å². The second-order valence-corrected chi connectivity index (χ2v) is 15.5. The third kappa shape index (κ3) is 5.78. The number of carbonyl (C=O) groups is 1. The summed E-state index contributed by atoms with van der Waals surface area (Å²) < 4.78 is 5.88. The highest BCUT2D eigenvalue weighted by atomic mass is 16.5. The largest absolute Gasteiger partial charge is 0.462 e. The molecule has 4 saturated carbocycles. The van der Waals surface area contributed by atoms with Gasteiger partial charge in [0.2, 0.25) is 0 Å². The van der Waals surface area contributed by atoms with E-state index in [0.717, 1.165) is 61.6 Å². The molecule has 3 N–H and O–H groups in total. The summed E-state index contributed by atoms with van der Waals surface area (Å²) in [6, 6.07) is 0.000635. The number of aliphatic hydroxyl groups is 1. The molecule has 0 radical (unpaired) electrons. The molecule has 10 atom stereocenters. The van der Waals surface area contributed by atoms with Crippen LogP contribution < -0.4 is 5.32 Å². The van der Waals surface area contributed by atoms with Gasteiger partial charge in [0, 0.05) is 43.5 Å². The molecule has 1 aromatic heterocycles. The molecule has 232 valence electrons. The van der Waals surface area contributed by atoms with Crippen molar-refractivity contribution in [2.75, 3.05) is 6.54 Å². The Bertz CT molecular complexity index is 1010. The van der Waals surface area contributed by atoms with Gasteiger partial charge in [-0.25, -0.2) is 4.98 Å². The molecule has 4 aliphatic carbocycles. The van der Waals surface area contributed by atoms with Crippen molar-refractivity contribution in [1.82, 2.24) is 15.3 Å². The fourth-order valence-electron chi connectivity index (χ4n) is 10.7. The number of esters is 1. The SMILES string of the molecule is CCC(=O)O[C@H]1CC[C@]2(C)[C@H]3CC[C@]4(C)[C@@H](C(C)CCCC(C)C)CC[C@H]4[C@@H]3CC(NCCc3c[nH]cn3)[C@@]2(O)C1. The van der Waals surface area contributed by atoms with Crippen molar-refractivity contribution in [3.63, 3.8) is 0 Å². The summed E-state index contributed by atoms with van der Waals surface area (Å²) in [7, 11) is 0. The molecule has 1 heterocycles. The van der Waals surface area contributed by atoms with Gasteiger partial charge in [0.25, 0.3) is 0 Å². The van der Waals surface area contributed by atoms with Crippen molar-refractivity contribution in [3.05, 3.63) is 18.2 Å². The van der Waals surface area contributed by atoms with Gasteiger partial charge in [-0.1, -0.05) is 60.8 Å². The molecule has 0 aliphatic heterocycles. The van der Waals surface area contributed by atoms with Gasteiger partial charge in [-0.15, -0.1) is 0 Å². The highest BCUT2D eigenvalue weighted by molar-refractivity contribution is 5.69. The fraction of sp³-hybridized carbons (Fsp3) is 0.886. The van der Waals surface area contributed by atoms with Crippen molar-refractivity contribution in [2.45, 2.75) is 143 Å². The predicted octanol–water partition coefficient (Wildman–Crippen LogP) is 7.08. The number of ether oxygens (including phenoxy) is 1. The molecular weight excluding hydrogens is 510 g/mol. The van der Waals surface area contributed by atoms with Gasteiger partial charge in [0.15, 0.2) is 0 Å². The third-order valence-corrected chi connectivity index (χ3v) is 13.0. The summed E-state index contributed by atoms with van der Waals surface area (Å²) in [6.45, 7) is 14.9. The molecule has 6 nitrogen and oxygen atoms in total. The van der Waals surface area contributed by atoms with Gasteiger partial charge in [-0.2, -0.15) is 0 Å². The van der Waals surface area contributed by atoms with Crippen LogP contribution in [0.1, 0.15) is 124 Å². The molecule has 0 saturated heterocycles. The van der Waals surface area contributed by atoms with E-state index >= 15 is 0 Å². The second kappa shape index (κ2) is 12.3. The average Bonchev–Trinajstić information content (AvgIpc) is 3.57. The zero-order chi connectivity index (χ0) is 29.4. The maximum absolute atomic E-state index is 12.8. The average molecular weight is 570 g/mol. The minimum absolute atomic E-state index is 0.000635. The lowest BCUT2D eigenvalue weighted by Crippen LogP contribution is -2.71. The number of carbonyl (C=O) groups excluding carboxylic acids is 1. The molecule has 1 aromatic rings. The Hall–Kier alpha value is -1.40. The lowest BCUT2D eigenvalue weighted by Gasteiger charge is -2.66. The Morgan fingerprint density at radius 1 is 1.15 bits per heavy atom. The molecule has 2 unspecified atom stereocenters. The second-order valence-electron chi connectivity index (χ2n) is 15.5. The number of rotatable bonds is 11. The molecule has 0 amide bonds. The standard InChI is InChI=1S/C35H59N3O3/c1-7-32(39)41-26-13-17-34(6)30-14-16-33(5)28(24(4)10-8-9-23(2)3)11-12-29(33)27(30)19-31(35(34,40)20-26)37-18-15-25-21-36-22-38-25/h21-24,26-31,37,40H,7-20H2,1-6H3,(H,36,38)/t24?,26-,27-,28+,29-,30-,31?,33+,34+,35-/m0/s1. The van der Waals surface area contributed by atoms with Crippen molar-refractivity contribution >= 4 is 5.97 Å².